The van der Waals surface area contributed by atoms with Crippen molar-refractivity contribution < 1.29 is 30.0 Å². The predicted molar refractivity (Wildman–Crippen MR) is 123 cm³/mol. The fourth-order valence-corrected chi connectivity index (χ4v) is 2.82. The summed E-state index contributed by atoms with van der Waals surface area (Å²) in [5.74, 6) is -0.990. The zero-order chi connectivity index (χ0) is 23.8. The van der Waals surface area contributed by atoms with Gasteiger partial charge in [0.05, 0.1) is 18.0 Å². The Kier molecular flexibility index (Phi) is 9.28. The molecule has 0 amide bonds. The summed E-state index contributed by atoms with van der Waals surface area (Å²) in [6, 6.07) is 22.5. The van der Waals surface area contributed by atoms with Crippen molar-refractivity contribution in [2.24, 2.45) is 0 Å². The van der Waals surface area contributed by atoms with Crippen LogP contribution in [-0.4, -0.2) is 26.0 Å². The van der Waals surface area contributed by atoms with Crippen LogP contribution in [0, 0.1) is 37.8 Å². The van der Waals surface area contributed by atoms with E-state index in [4.69, 9.17) is 21.9 Å². The molecule has 0 fully saturated rings. The molecule has 0 saturated carbocycles. The number of aromatic carboxylic acids is 1. The monoisotopic (exact) mass is 625 g/mol. The molecule has 34 heavy (non-hydrogen) atoms. The molecule has 2 aromatic heterocycles. The molecule has 0 aliphatic carbocycles. The Morgan fingerprint density at radius 2 is 1.71 bits per heavy atom. The third-order valence-electron chi connectivity index (χ3n) is 4.66. The van der Waals surface area contributed by atoms with Crippen LogP contribution in [0.4, 0.5) is 5.69 Å². The van der Waals surface area contributed by atoms with E-state index >= 15 is 0 Å². The number of nitriles is 1. The first kappa shape index (κ1) is 26.0. The van der Waals surface area contributed by atoms with Gasteiger partial charge in [-0.15, -0.1) is 29.8 Å². The van der Waals surface area contributed by atoms with Crippen molar-refractivity contribution in [1.82, 2.24) is 15.0 Å². The molecule has 4 rings (SSSR count). The number of pyridine rings is 1. The summed E-state index contributed by atoms with van der Waals surface area (Å²) in [5, 5.41) is 17.3. The summed E-state index contributed by atoms with van der Waals surface area (Å²) in [4.78, 5) is 26.5. The van der Waals surface area contributed by atoms with Crippen LogP contribution < -0.4 is 0 Å². The second-order valence-electron chi connectivity index (χ2n) is 6.87. The van der Waals surface area contributed by atoms with E-state index in [2.05, 4.69) is 26.9 Å². The third-order valence-corrected chi connectivity index (χ3v) is 4.66. The summed E-state index contributed by atoms with van der Waals surface area (Å²) in [5.41, 5.74) is 6.08. The van der Waals surface area contributed by atoms with Gasteiger partial charge in [-0.2, -0.15) is 0 Å². The van der Waals surface area contributed by atoms with E-state index in [9.17, 15) is 4.79 Å². The Labute approximate surface area is 211 Å². The fraction of sp³-hybridized carbons (Fsp3) is 0.0769. The smallest absolute Gasteiger partial charge is 0.354 e. The number of aryl methyl sites for hydroxylation is 2. The Morgan fingerprint density at radius 3 is 2.18 bits per heavy atom. The average molecular weight is 625 g/mol. The number of rotatable bonds is 3. The Morgan fingerprint density at radius 1 is 1.03 bits per heavy atom. The Bertz CT molecular complexity index is 1280. The Hall–Kier alpha value is -4.23. The fourth-order valence-electron chi connectivity index (χ4n) is 2.82. The van der Waals surface area contributed by atoms with Gasteiger partial charge in [-0.05, 0) is 37.1 Å². The topological polar surface area (TPSA) is 104 Å². The molecule has 4 aromatic rings. The SMILES string of the molecule is O=C(O)c1ccccn1.[C-]#[N+]c1ccc(-c2nc(C)c(C)nc2-c2[c-]cc(C#N)cc2)cc1.[Ir]. The molecule has 1 N–H and O–H groups in total. The maximum Gasteiger partial charge on any atom is 0.354 e. The van der Waals surface area contributed by atoms with Crippen molar-refractivity contribution in [1.29, 1.82) is 5.26 Å². The van der Waals surface area contributed by atoms with E-state index < -0.39 is 5.97 Å². The van der Waals surface area contributed by atoms with Gasteiger partial charge in [-0.1, -0.05) is 30.3 Å². The minimum atomic E-state index is -0.990. The largest absolute Gasteiger partial charge is 0.477 e. The van der Waals surface area contributed by atoms with E-state index in [1.807, 2.05) is 32.0 Å². The van der Waals surface area contributed by atoms with Crippen LogP contribution in [0.3, 0.4) is 0 Å². The van der Waals surface area contributed by atoms with Crippen molar-refractivity contribution in [3.8, 4) is 28.6 Å². The van der Waals surface area contributed by atoms with Gasteiger partial charge in [-0.25, -0.2) is 19.9 Å². The number of hydrogen-bond donors (Lipinski definition) is 1. The van der Waals surface area contributed by atoms with Crippen LogP contribution in [0.2, 0.25) is 0 Å². The molecule has 8 heteroatoms. The third kappa shape index (κ3) is 6.40. The number of nitrogens with zero attached hydrogens (tertiary/aromatic N) is 5. The molecule has 0 unspecified atom stereocenters. The van der Waals surface area contributed by atoms with E-state index in [1.54, 1.807) is 36.4 Å². The van der Waals surface area contributed by atoms with E-state index in [1.165, 1.54) is 12.3 Å². The van der Waals surface area contributed by atoms with Gasteiger partial charge < -0.3 is 5.11 Å². The normalized spacial score (nSPS) is 9.41. The van der Waals surface area contributed by atoms with Gasteiger partial charge in [-0.3, -0.25) is 9.97 Å². The van der Waals surface area contributed by atoms with Gasteiger partial charge in [0, 0.05) is 43.8 Å². The van der Waals surface area contributed by atoms with Gasteiger partial charge in [0.2, 0.25) is 0 Å². The number of aromatic nitrogens is 3. The number of benzene rings is 2. The molecular weight excluding hydrogens is 607 g/mol. The first-order chi connectivity index (χ1) is 15.9. The Balaban J connectivity index is 0.000000345. The van der Waals surface area contributed by atoms with Gasteiger partial charge in [0.1, 0.15) is 5.69 Å². The van der Waals surface area contributed by atoms with E-state index in [0.717, 1.165) is 33.9 Å². The van der Waals surface area contributed by atoms with Crippen LogP contribution in [0.25, 0.3) is 27.4 Å². The molecule has 0 aliphatic heterocycles. The minimum Gasteiger partial charge on any atom is -0.477 e. The first-order valence-electron chi connectivity index (χ1n) is 9.82. The maximum absolute atomic E-state index is 10.1. The van der Waals surface area contributed by atoms with Crippen molar-refractivity contribution in [3.05, 3.63) is 107 Å². The molecule has 0 spiro atoms. The van der Waals surface area contributed by atoms with Crippen LogP contribution in [-0.2, 0) is 20.1 Å². The molecular formula is C26H18IrN5O2-. The van der Waals surface area contributed by atoms with Gasteiger partial charge >= 0.3 is 5.97 Å². The molecule has 2 heterocycles. The first-order valence-corrected chi connectivity index (χ1v) is 9.82. The van der Waals surface area contributed by atoms with E-state index in [0.29, 0.717) is 11.3 Å². The zero-order valence-electron chi connectivity index (χ0n) is 18.3. The number of carbonyl (C=O) groups is 1. The minimum absolute atomic E-state index is 0. The van der Waals surface area contributed by atoms with Crippen LogP contribution >= 0.6 is 0 Å². The summed E-state index contributed by atoms with van der Waals surface area (Å²) < 4.78 is 0. The molecule has 0 aliphatic rings. The average Bonchev–Trinajstić information content (AvgIpc) is 2.86. The van der Waals surface area contributed by atoms with Crippen molar-refractivity contribution in [3.63, 3.8) is 0 Å². The molecule has 0 bridgehead atoms. The second-order valence-corrected chi connectivity index (χ2v) is 6.87. The molecule has 7 nitrogen and oxygen atoms in total. The number of carboxylic acid groups (broad SMARTS) is 1. The van der Waals surface area contributed by atoms with Crippen LogP contribution in [0.5, 0.6) is 0 Å². The molecule has 0 saturated heterocycles. The van der Waals surface area contributed by atoms with Crippen molar-refractivity contribution >= 4 is 11.7 Å². The van der Waals surface area contributed by atoms with Crippen molar-refractivity contribution in [2.45, 2.75) is 13.8 Å². The predicted octanol–water partition coefficient (Wildman–Crippen LogP) is 5.43. The quantitative estimate of drug-likeness (QED) is 0.305. The van der Waals surface area contributed by atoms with Crippen LogP contribution in [0.15, 0.2) is 66.9 Å². The van der Waals surface area contributed by atoms with E-state index in [-0.39, 0.29) is 25.8 Å². The summed E-state index contributed by atoms with van der Waals surface area (Å²) >= 11 is 0. The molecule has 1 radical (unpaired) electrons. The maximum atomic E-state index is 10.1. The molecule has 169 valence electrons. The summed E-state index contributed by atoms with van der Waals surface area (Å²) in [7, 11) is 0. The van der Waals surface area contributed by atoms with Crippen LogP contribution in [0.1, 0.15) is 27.4 Å². The second kappa shape index (κ2) is 12.1. The summed E-state index contributed by atoms with van der Waals surface area (Å²) in [6.07, 6.45) is 1.45. The molecule has 2 aromatic carbocycles. The molecule has 0 atom stereocenters. The van der Waals surface area contributed by atoms with Gasteiger partial charge in [0.15, 0.2) is 5.69 Å². The standard InChI is InChI=1S/C20H13N4.C6H5NO2.Ir/c1-13-14(2)24-20(17-8-10-18(22-3)11-9-17)19(23-13)16-6-4-15(12-21)5-7-16;8-6(9)5-3-1-2-4-7-5;/h4-6,8-11H,1-2H3;1-4H,(H,8,9);/q-1;;. The summed E-state index contributed by atoms with van der Waals surface area (Å²) in [6.45, 7) is 10.9. The van der Waals surface area contributed by atoms with Crippen molar-refractivity contribution in [2.75, 3.05) is 0 Å². The number of carboxylic acids is 1. The van der Waals surface area contributed by atoms with Gasteiger partial charge in [0.25, 0.3) is 0 Å². The zero-order valence-corrected chi connectivity index (χ0v) is 20.7. The number of hydrogen-bond acceptors (Lipinski definition) is 5.